The van der Waals surface area contributed by atoms with Crippen LogP contribution >= 0.6 is 0 Å². The minimum atomic E-state index is -0.805. The van der Waals surface area contributed by atoms with Crippen LogP contribution in [-0.4, -0.2) is 46.9 Å². The van der Waals surface area contributed by atoms with Gasteiger partial charge in [0.1, 0.15) is 6.10 Å². The van der Waals surface area contributed by atoms with E-state index in [4.69, 9.17) is 4.74 Å². The van der Waals surface area contributed by atoms with Gasteiger partial charge in [-0.1, -0.05) is 232 Å². The SMILES string of the molecule is CCCCCCCC/C=C\C/C=C/C(CC(=O)NC(CO)C(O)CCCCCCCCCCCCCCCCC)OC(=O)CCCCCCCCCCCCC. The number of carbonyl (C=O) groups is 2. The lowest BCUT2D eigenvalue weighted by molar-refractivity contribution is -0.148. The number of carbonyl (C=O) groups excluding carboxylic acids is 2. The molecule has 56 heavy (non-hydrogen) atoms. The molecule has 6 heteroatoms. The molecule has 0 aliphatic heterocycles. The zero-order valence-electron chi connectivity index (χ0n) is 37.5. The Bertz CT molecular complexity index is 889. The standard InChI is InChI=1S/C50H95NO5/c1-4-7-10-13-16-19-22-23-24-25-28-30-33-36-39-42-48(53)47(45-52)51-49(54)44-46(41-38-35-32-29-26-20-17-14-11-8-5-2)56-50(55)43-40-37-34-31-27-21-18-15-12-9-6-3/h29,32,38,41,46-48,52-53H,4-28,30-31,33-37,39-40,42-45H2,1-3H3,(H,51,54)/b32-29-,41-38+. The van der Waals surface area contributed by atoms with Crippen molar-refractivity contribution in [2.75, 3.05) is 6.61 Å². The summed E-state index contributed by atoms with van der Waals surface area (Å²) in [7, 11) is 0. The molecule has 0 saturated carbocycles. The quantitative estimate of drug-likeness (QED) is 0.0324. The van der Waals surface area contributed by atoms with Crippen molar-refractivity contribution in [2.24, 2.45) is 0 Å². The van der Waals surface area contributed by atoms with Crippen molar-refractivity contribution in [3.63, 3.8) is 0 Å². The Kier molecular flexibility index (Phi) is 43.1. The molecule has 0 aromatic rings. The molecule has 0 aliphatic rings. The summed E-state index contributed by atoms with van der Waals surface area (Å²) in [5, 5.41) is 23.7. The highest BCUT2D eigenvalue weighted by Crippen LogP contribution is 2.16. The van der Waals surface area contributed by atoms with Gasteiger partial charge in [0.05, 0.1) is 25.2 Å². The average molecular weight is 790 g/mol. The van der Waals surface area contributed by atoms with Crippen molar-refractivity contribution in [2.45, 2.75) is 277 Å². The zero-order chi connectivity index (χ0) is 41.0. The predicted molar refractivity (Wildman–Crippen MR) is 241 cm³/mol. The van der Waals surface area contributed by atoms with Crippen LogP contribution < -0.4 is 5.32 Å². The van der Waals surface area contributed by atoms with Gasteiger partial charge < -0.3 is 20.3 Å². The Morgan fingerprint density at radius 3 is 1.39 bits per heavy atom. The van der Waals surface area contributed by atoms with E-state index in [1.165, 1.54) is 167 Å². The number of allylic oxidation sites excluding steroid dienone is 3. The van der Waals surface area contributed by atoms with Crippen molar-refractivity contribution in [1.29, 1.82) is 0 Å². The molecule has 0 radical (unpaired) electrons. The second-order valence-electron chi connectivity index (χ2n) is 16.9. The number of amides is 1. The maximum atomic E-state index is 13.1. The maximum Gasteiger partial charge on any atom is 0.306 e. The van der Waals surface area contributed by atoms with Crippen LogP contribution in [0.1, 0.15) is 258 Å². The Hall–Kier alpha value is -1.66. The van der Waals surface area contributed by atoms with Crippen LogP contribution in [0.5, 0.6) is 0 Å². The van der Waals surface area contributed by atoms with Crippen molar-refractivity contribution in [3.8, 4) is 0 Å². The minimum Gasteiger partial charge on any atom is -0.458 e. The Morgan fingerprint density at radius 2 is 0.946 bits per heavy atom. The summed E-state index contributed by atoms with van der Waals surface area (Å²) >= 11 is 0. The molecule has 3 N–H and O–H groups in total. The second kappa shape index (κ2) is 44.4. The van der Waals surface area contributed by atoms with Crippen LogP contribution in [-0.2, 0) is 14.3 Å². The van der Waals surface area contributed by atoms with Crippen LogP contribution in [0.15, 0.2) is 24.3 Å². The number of esters is 1. The predicted octanol–water partition coefficient (Wildman–Crippen LogP) is 14.3. The first-order valence-corrected chi connectivity index (χ1v) is 24.6. The van der Waals surface area contributed by atoms with Gasteiger partial charge in [0.2, 0.25) is 5.91 Å². The summed E-state index contributed by atoms with van der Waals surface area (Å²) < 4.78 is 5.81. The van der Waals surface area contributed by atoms with E-state index in [0.717, 1.165) is 51.4 Å². The smallest absolute Gasteiger partial charge is 0.306 e. The molecule has 0 fully saturated rings. The first-order chi connectivity index (χ1) is 27.5. The summed E-state index contributed by atoms with van der Waals surface area (Å²) in [6.45, 7) is 6.44. The number of aliphatic hydroxyl groups is 2. The van der Waals surface area contributed by atoms with Gasteiger partial charge in [0.15, 0.2) is 0 Å². The molecule has 1 amide bonds. The van der Waals surface area contributed by atoms with Gasteiger partial charge in [0.25, 0.3) is 0 Å². The normalized spacial score (nSPS) is 13.4. The Balaban J connectivity index is 4.57. The molecule has 0 aromatic carbocycles. The fourth-order valence-electron chi connectivity index (χ4n) is 7.51. The van der Waals surface area contributed by atoms with Gasteiger partial charge in [-0.2, -0.15) is 0 Å². The Morgan fingerprint density at radius 1 is 0.536 bits per heavy atom. The van der Waals surface area contributed by atoms with Crippen molar-refractivity contribution < 1.29 is 24.5 Å². The largest absolute Gasteiger partial charge is 0.458 e. The number of rotatable bonds is 44. The van der Waals surface area contributed by atoms with Crippen molar-refractivity contribution in [1.82, 2.24) is 5.32 Å². The van der Waals surface area contributed by atoms with Crippen molar-refractivity contribution in [3.05, 3.63) is 24.3 Å². The molecule has 0 rings (SSSR count). The van der Waals surface area contributed by atoms with E-state index in [-0.39, 0.29) is 24.9 Å². The molecule has 0 spiro atoms. The zero-order valence-corrected chi connectivity index (χ0v) is 37.5. The van der Waals surface area contributed by atoms with Crippen LogP contribution in [0.3, 0.4) is 0 Å². The lowest BCUT2D eigenvalue weighted by Crippen LogP contribution is -2.46. The lowest BCUT2D eigenvalue weighted by atomic mass is 10.0. The summed E-state index contributed by atoms with van der Waals surface area (Å²) in [6, 6.07) is -0.726. The molecule has 0 heterocycles. The van der Waals surface area contributed by atoms with Crippen LogP contribution in [0.4, 0.5) is 0 Å². The lowest BCUT2D eigenvalue weighted by Gasteiger charge is -2.23. The minimum absolute atomic E-state index is 0.0237. The first kappa shape index (κ1) is 54.3. The second-order valence-corrected chi connectivity index (χ2v) is 16.9. The molecule has 330 valence electrons. The molecule has 3 atom stereocenters. The number of unbranched alkanes of at least 4 members (excludes halogenated alkanes) is 30. The van der Waals surface area contributed by atoms with E-state index in [9.17, 15) is 19.8 Å². The van der Waals surface area contributed by atoms with Gasteiger partial charge in [-0.3, -0.25) is 9.59 Å². The molecular formula is C50H95NO5. The molecule has 0 aromatic heterocycles. The number of aliphatic hydroxyl groups excluding tert-OH is 2. The highest BCUT2D eigenvalue weighted by Gasteiger charge is 2.23. The number of hydrogen-bond donors (Lipinski definition) is 3. The van der Waals surface area contributed by atoms with E-state index in [2.05, 4.69) is 38.2 Å². The molecule has 0 bridgehead atoms. The Labute approximate surface area is 348 Å². The molecule has 6 nitrogen and oxygen atoms in total. The van der Waals surface area contributed by atoms with Gasteiger partial charge in [-0.15, -0.1) is 0 Å². The third-order valence-corrected chi connectivity index (χ3v) is 11.3. The van der Waals surface area contributed by atoms with E-state index < -0.39 is 18.2 Å². The van der Waals surface area contributed by atoms with Crippen molar-refractivity contribution >= 4 is 11.9 Å². The third-order valence-electron chi connectivity index (χ3n) is 11.3. The number of nitrogens with one attached hydrogen (secondary N) is 1. The third kappa shape index (κ3) is 39.2. The van der Waals surface area contributed by atoms with E-state index in [1.54, 1.807) is 0 Å². The van der Waals surface area contributed by atoms with Gasteiger partial charge >= 0.3 is 5.97 Å². The summed E-state index contributed by atoms with van der Waals surface area (Å²) in [6.07, 6.45) is 49.8. The van der Waals surface area contributed by atoms with E-state index in [0.29, 0.717) is 12.8 Å². The van der Waals surface area contributed by atoms with E-state index in [1.807, 2.05) is 12.2 Å². The highest BCUT2D eigenvalue weighted by molar-refractivity contribution is 5.78. The fraction of sp³-hybridized carbons (Fsp3) is 0.880. The first-order valence-electron chi connectivity index (χ1n) is 24.6. The average Bonchev–Trinajstić information content (AvgIpc) is 3.19. The number of ether oxygens (including phenoxy) is 1. The molecule has 0 saturated heterocycles. The molecule has 3 unspecified atom stereocenters. The molecule has 0 aliphatic carbocycles. The number of hydrogen-bond acceptors (Lipinski definition) is 5. The fourth-order valence-corrected chi connectivity index (χ4v) is 7.51. The van der Waals surface area contributed by atoms with Crippen LogP contribution in [0.25, 0.3) is 0 Å². The topological polar surface area (TPSA) is 95.9 Å². The summed E-state index contributed by atoms with van der Waals surface area (Å²) in [5.41, 5.74) is 0. The highest BCUT2D eigenvalue weighted by atomic mass is 16.5. The summed E-state index contributed by atoms with van der Waals surface area (Å²) in [4.78, 5) is 25.9. The molecular weight excluding hydrogens is 695 g/mol. The van der Waals surface area contributed by atoms with Gasteiger partial charge in [-0.05, 0) is 38.2 Å². The van der Waals surface area contributed by atoms with Gasteiger partial charge in [0, 0.05) is 6.42 Å². The summed E-state index contributed by atoms with van der Waals surface area (Å²) in [5.74, 6) is -0.593. The van der Waals surface area contributed by atoms with Gasteiger partial charge in [-0.25, -0.2) is 0 Å². The maximum absolute atomic E-state index is 13.1. The van der Waals surface area contributed by atoms with E-state index >= 15 is 0 Å². The van der Waals surface area contributed by atoms with Crippen LogP contribution in [0.2, 0.25) is 0 Å². The van der Waals surface area contributed by atoms with Crippen LogP contribution in [0, 0.1) is 0 Å². The monoisotopic (exact) mass is 790 g/mol.